The highest BCUT2D eigenvalue weighted by Crippen LogP contribution is 2.26. The van der Waals surface area contributed by atoms with Crippen molar-refractivity contribution in [1.29, 1.82) is 0 Å². The molecule has 1 aromatic heterocycles. The zero-order valence-electron chi connectivity index (χ0n) is 19.7. The van der Waals surface area contributed by atoms with Gasteiger partial charge in [0, 0.05) is 35.1 Å². The second-order valence-electron chi connectivity index (χ2n) is 8.10. The van der Waals surface area contributed by atoms with Crippen LogP contribution in [0.15, 0.2) is 85.1 Å². The highest BCUT2D eigenvalue weighted by Gasteiger charge is 2.17. The Balaban J connectivity index is 1.50. The van der Waals surface area contributed by atoms with E-state index in [1.807, 2.05) is 61.5 Å². The Labute approximate surface area is 207 Å². The minimum Gasteiger partial charge on any atom is -0.347 e. The number of hydrogen-bond acceptors (Lipinski definition) is 5. The molecular formula is C27H25N5O4. The fourth-order valence-corrected chi connectivity index (χ4v) is 3.80. The number of nitro groups is 1. The van der Waals surface area contributed by atoms with Gasteiger partial charge in [0.15, 0.2) is 0 Å². The summed E-state index contributed by atoms with van der Waals surface area (Å²) in [6.45, 7) is 1.83. The van der Waals surface area contributed by atoms with Crippen LogP contribution in [0.3, 0.4) is 0 Å². The van der Waals surface area contributed by atoms with Crippen molar-refractivity contribution in [2.75, 3.05) is 11.9 Å². The third kappa shape index (κ3) is 5.82. The topological polar surface area (TPSA) is 119 Å². The monoisotopic (exact) mass is 483 g/mol. The Morgan fingerprint density at radius 1 is 0.917 bits per heavy atom. The highest BCUT2D eigenvalue weighted by molar-refractivity contribution is 5.95. The molecule has 0 aliphatic carbocycles. The van der Waals surface area contributed by atoms with Crippen LogP contribution in [-0.4, -0.2) is 33.1 Å². The van der Waals surface area contributed by atoms with E-state index in [1.54, 1.807) is 23.0 Å². The molecular weight excluding hydrogens is 458 g/mol. The lowest BCUT2D eigenvalue weighted by atomic mass is 10.1. The number of benzene rings is 3. The predicted molar refractivity (Wildman–Crippen MR) is 137 cm³/mol. The number of para-hydroxylation sites is 2. The van der Waals surface area contributed by atoms with E-state index in [4.69, 9.17) is 0 Å². The lowest BCUT2D eigenvalue weighted by Gasteiger charge is -2.10. The fourth-order valence-electron chi connectivity index (χ4n) is 3.80. The zero-order chi connectivity index (χ0) is 25.5. The largest absolute Gasteiger partial charge is 0.347 e. The fraction of sp³-hybridized carbons (Fsp3) is 0.148. The molecule has 3 aromatic carbocycles. The molecule has 0 saturated carbocycles. The summed E-state index contributed by atoms with van der Waals surface area (Å²) < 4.78 is 1.66. The van der Waals surface area contributed by atoms with Crippen molar-refractivity contribution in [1.82, 2.24) is 15.1 Å². The van der Waals surface area contributed by atoms with Gasteiger partial charge in [-0.15, -0.1) is 0 Å². The summed E-state index contributed by atoms with van der Waals surface area (Å²) in [5.41, 5.74) is 4.32. The van der Waals surface area contributed by atoms with Crippen molar-refractivity contribution in [2.24, 2.45) is 0 Å². The third-order valence-electron chi connectivity index (χ3n) is 5.63. The van der Waals surface area contributed by atoms with Crippen LogP contribution in [0.1, 0.15) is 18.1 Å². The molecule has 0 atom stereocenters. The van der Waals surface area contributed by atoms with Gasteiger partial charge in [-0.05, 0) is 42.3 Å². The van der Waals surface area contributed by atoms with E-state index in [1.165, 1.54) is 12.1 Å². The summed E-state index contributed by atoms with van der Waals surface area (Å²) in [5.74, 6) is -0.662. The summed E-state index contributed by atoms with van der Waals surface area (Å²) >= 11 is 0. The zero-order valence-corrected chi connectivity index (χ0v) is 19.7. The number of aryl methyl sites for hydroxylation is 1. The summed E-state index contributed by atoms with van der Waals surface area (Å²) in [7, 11) is 0. The molecule has 182 valence electrons. The van der Waals surface area contributed by atoms with E-state index in [0.717, 1.165) is 23.4 Å². The van der Waals surface area contributed by atoms with Crippen molar-refractivity contribution in [3.05, 3.63) is 106 Å². The third-order valence-corrected chi connectivity index (χ3v) is 5.63. The van der Waals surface area contributed by atoms with Crippen LogP contribution < -0.4 is 10.6 Å². The SMILES string of the molecule is CCc1ccccc1NC(=O)CNC(=O)Cc1cn(-c2ccccc2)nc1-c1ccc([N+](=O)[O-])cc1. The number of carbonyl (C=O) groups excluding carboxylic acids is 2. The van der Waals surface area contributed by atoms with E-state index in [0.29, 0.717) is 16.8 Å². The van der Waals surface area contributed by atoms with Crippen molar-refractivity contribution in [3.8, 4) is 16.9 Å². The van der Waals surface area contributed by atoms with Crippen molar-refractivity contribution >= 4 is 23.2 Å². The van der Waals surface area contributed by atoms with Crippen molar-refractivity contribution in [2.45, 2.75) is 19.8 Å². The van der Waals surface area contributed by atoms with Crippen molar-refractivity contribution in [3.63, 3.8) is 0 Å². The molecule has 4 rings (SSSR count). The molecule has 9 nitrogen and oxygen atoms in total. The molecule has 0 unspecified atom stereocenters. The molecule has 4 aromatic rings. The quantitative estimate of drug-likeness (QED) is 0.272. The molecule has 0 aliphatic heterocycles. The normalized spacial score (nSPS) is 10.6. The van der Waals surface area contributed by atoms with Gasteiger partial charge in [0.1, 0.15) is 0 Å². The van der Waals surface area contributed by atoms with Crippen LogP contribution in [0.4, 0.5) is 11.4 Å². The van der Waals surface area contributed by atoms with Gasteiger partial charge < -0.3 is 10.6 Å². The first-order valence-corrected chi connectivity index (χ1v) is 11.5. The van der Waals surface area contributed by atoms with Gasteiger partial charge in [-0.25, -0.2) is 4.68 Å². The Hall–Kier alpha value is -4.79. The maximum absolute atomic E-state index is 12.7. The molecule has 0 spiro atoms. The van der Waals surface area contributed by atoms with Crippen molar-refractivity contribution < 1.29 is 14.5 Å². The Kier molecular flexibility index (Phi) is 7.50. The number of non-ortho nitro benzene ring substituents is 1. The average Bonchev–Trinajstić information content (AvgIpc) is 3.32. The minimum absolute atomic E-state index is 0.0159. The first kappa shape index (κ1) is 24.3. The highest BCUT2D eigenvalue weighted by atomic mass is 16.6. The van der Waals surface area contributed by atoms with Crippen LogP contribution in [0.25, 0.3) is 16.9 Å². The van der Waals surface area contributed by atoms with Gasteiger partial charge in [-0.1, -0.05) is 43.3 Å². The maximum atomic E-state index is 12.7. The smallest absolute Gasteiger partial charge is 0.269 e. The summed E-state index contributed by atoms with van der Waals surface area (Å²) in [6, 6.07) is 23.0. The average molecular weight is 484 g/mol. The van der Waals surface area contributed by atoms with Crippen LogP contribution in [0.2, 0.25) is 0 Å². The van der Waals surface area contributed by atoms with Gasteiger partial charge in [0.2, 0.25) is 11.8 Å². The summed E-state index contributed by atoms with van der Waals surface area (Å²) in [4.78, 5) is 35.7. The Bertz CT molecular complexity index is 1380. The molecule has 2 amide bonds. The number of hydrogen-bond donors (Lipinski definition) is 2. The molecule has 36 heavy (non-hydrogen) atoms. The van der Waals surface area contributed by atoms with E-state index < -0.39 is 4.92 Å². The van der Waals surface area contributed by atoms with E-state index in [2.05, 4.69) is 15.7 Å². The van der Waals surface area contributed by atoms with Crippen LogP contribution in [0.5, 0.6) is 0 Å². The molecule has 0 saturated heterocycles. The first-order valence-electron chi connectivity index (χ1n) is 11.5. The summed E-state index contributed by atoms with van der Waals surface area (Å²) in [6.07, 6.45) is 2.51. The number of nitro benzene ring substituents is 1. The molecule has 0 aliphatic rings. The summed E-state index contributed by atoms with van der Waals surface area (Å²) in [5, 5.41) is 21.2. The second-order valence-corrected chi connectivity index (χ2v) is 8.10. The number of nitrogens with one attached hydrogen (secondary N) is 2. The number of rotatable bonds is 9. The van der Waals surface area contributed by atoms with E-state index in [-0.39, 0.29) is 30.5 Å². The van der Waals surface area contributed by atoms with Gasteiger partial charge in [-0.3, -0.25) is 19.7 Å². The van der Waals surface area contributed by atoms with E-state index in [9.17, 15) is 19.7 Å². The molecule has 0 radical (unpaired) electrons. The Morgan fingerprint density at radius 2 is 1.61 bits per heavy atom. The van der Waals surface area contributed by atoms with Gasteiger partial charge in [-0.2, -0.15) is 5.10 Å². The molecule has 0 bridgehead atoms. The lowest BCUT2D eigenvalue weighted by molar-refractivity contribution is -0.384. The van der Waals surface area contributed by atoms with Crippen LogP contribution >= 0.6 is 0 Å². The van der Waals surface area contributed by atoms with Gasteiger partial charge >= 0.3 is 0 Å². The molecule has 9 heteroatoms. The second kappa shape index (κ2) is 11.1. The van der Waals surface area contributed by atoms with Crippen LogP contribution in [0, 0.1) is 10.1 Å². The minimum atomic E-state index is -0.468. The van der Waals surface area contributed by atoms with E-state index >= 15 is 0 Å². The van der Waals surface area contributed by atoms with Gasteiger partial charge in [0.25, 0.3) is 5.69 Å². The number of nitrogens with zero attached hydrogens (tertiary/aromatic N) is 3. The molecule has 0 fully saturated rings. The first-order chi connectivity index (χ1) is 17.4. The lowest BCUT2D eigenvalue weighted by Crippen LogP contribution is -2.34. The number of aromatic nitrogens is 2. The standard InChI is InChI=1S/C27H25N5O4/c1-2-19-8-6-7-11-24(19)29-26(34)17-28-25(33)16-21-18-31(22-9-4-3-5-10-22)30-27(21)20-12-14-23(15-13-20)32(35)36/h3-15,18H,2,16-17H2,1H3,(H,28,33)(H,29,34). The number of carbonyl (C=O) groups is 2. The predicted octanol–water partition coefficient (Wildman–Crippen LogP) is 4.31. The van der Waals surface area contributed by atoms with Gasteiger partial charge in [0.05, 0.1) is 29.3 Å². The van der Waals surface area contributed by atoms with Crippen LogP contribution in [-0.2, 0) is 22.4 Å². The molecule has 1 heterocycles. The number of amides is 2. The number of anilines is 1. The Morgan fingerprint density at radius 3 is 2.31 bits per heavy atom. The maximum Gasteiger partial charge on any atom is 0.269 e. The molecule has 2 N–H and O–H groups in total.